The maximum absolute atomic E-state index is 6.04. The molecule has 0 bridgehead atoms. The van der Waals surface area contributed by atoms with Crippen LogP contribution < -0.4 is 11.5 Å². The van der Waals surface area contributed by atoms with Gasteiger partial charge in [-0.05, 0) is 36.8 Å². The van der Waals surface area contributed by atoms with Crippen LogP contribution in [-0.4, -0.2) is 47.9 Å². The minimum atomic E-state index is 0.584. The lowest BCUT2D eigenvalue weighted by Crippen LogP contribution is -2.35. The molecule has 6 heteroatoms. The average molecular weight is 328 g/mol. The van der Waals surface area contributed by atoms with Crippen LogP contribution in [0.1, 0.15) is 36.8 Å². The molecule has 1 aromatic carbocycles. The van der Waals surface area contributed by atoms with E-state index in [1.807, 2.05) is 20.2 Å². The van der Waals surface area contributed by atoms with Crippen molar-refractivity contribution in [3.8, 4) is 0 Å². The minimum absolute atomic E-state index is 0.584. The van der Waals surface area contributed by atoms with Crippen molar-refractivity contribution in [1.82, 2.24) is 9.80 Å². The zero-order valence-electron chi connectivity index (χ0n) is 14.7. The maximum atomic E-state index is 6.04. The lowest BCUT2D eigenvalue weighted by atomic mass is 10.1. The summed E-state index contributed by atoms with van der Waals surface area (Å²) >= 11 is 0. The van der Waals surface area contributed by atoms with Gasteiger partial charge in [0.15, 0.2) is 11.9 Å². The Hall–Kier alpha value is -2.24. The van der Waals surface area contributed by atoms with Crippen molar-refractivity contribution in [1.29, 1.82) is 0 Å². The fraction of sp³-hybridized carbons (Fsp3) is 0.556. The topological polar surface area (TPSA) is 83.2 Å². The van der Waals surface area contributed by atoms with Gasteiger partial charge in [0.25, 0.3) is 0 Å². The van der Waals surface area contributed by atoms with Crippen LogP contribution in [0.3, 0.4) is 0 Å². The molecule has 2 aliphatic carbocycles. The monoisotopic (exact) mass is 328 g/mol. The number of hydrogen-bond donors (Lipinski definition) is 2. The second-order valence-electron chi connectivity index (χ2n) is 6.85. The van der Waals surface area contributed by atoms with Gasteiger partial charge in [-0.2, -0.15) is 0 Å². The molecule has 0 heterocycles. The summed E-state index contributed by atoms with van der Waals surface area (Å²) < 4.78 is 0. The predicted molar refractivity (Wildman–Crippen MR) is 98.7 cm³/mol. The highest BCUT2D eigenvalue weighted by Gasteiger charge is 2.27. The number of rotatable bonds is 6. The molecule has 0 radical (unpaired) electrons. The molecule has 0 unspecified atom stereocenters. The Morgan fingerprint density at radius 3 is 1.71 bits per heavy atom. The molecule has 3 rings (SSSR count). The van der Waals surface area contributed by atoms with Crippen LogP contribution in [0, 0.1) is 0 Å². The van der Waals surface area contributed by atoms with E-state index in [1.54, 1.807) is 0 Å². The summed E-state index contributed by atoms with van der Waals surface area (Å²) in [4.78, 5) is 13.2. The Morgan fingerprint density at radius 2 is 1.33 bits per heavy atom. The van der Waals surface area contributed by atoms with E-state index in [2.05, 4.69) is 38.0 Å². The first-order valence-corrected chi connectivity index (χ1v) is 8.68. The molecule has 2 fully saturated rings. The highest BCUT2D eigenvalue weighted by Crippen LogP contribution is 2.25. The molecule has 24 heavy (non-hydrogen) atoms. The SMILES string of the molecule is CN(C(N)=NCc1cccc(CN=C(N)N(C)C2CC2)c1)C1CC1. The lowest BCUT2D eigenvalue weighted by Gasteiger charge is -2.17. The van der Waals surface area contributed by atoms with Crippen molar-refractivity contribution in [3.05, 3.63) is 35.4 Å². The zero-order chi connectivity index (χ0) is 17.1. The third kappa shape index (κ3) is 4.40. The molecule has 2 aliphatic rings. The fourth-order valence-electron chi connectivity index (χ4n) is 2.69. The minimum Gasteiger partial charge on any atom is -0.370 e. The summed E-state index contributed by atoms with van der Waals surface area (Å²) in [5, 5.41) is 0. The van der Waals surface area contributed by atoms with Crippen LogP contribution in [0.5, 0.6) is 0 Å². The van der Waals surface area contributed by atoms with Crippen LogP contribution in [0.2, 0.25) is 0 Å². The van der Waals surface area contributed by atoms with Gasteiger partial charge >= 0.3 is 0 Å². The molecule has 0 aliphatic heterocycles. The Bertz CT molecular complexity index is 579. The van der Waals surface area contributed by atoms with E-state index in [0.717, 1.165) is 11.1 Å². The second kappa shape index (κ2) is 7.11. The van der Waals surface area contributed by atoms with E-state index >= 15 is 0 Å². The van der Waals surface area contributed by atoms with Gasteiger partial charge < -0.3 is 21.3 Å². The lowest BCUT2D eigenvalue weighted by molar-refractivity contribution is 0.487. The summed E-state index contributed by atoms with van der Waals surface area (Å²) in [7, 11) is 4.03. The molecule has 6 nitrogen and oxygen atoms in total. The normalized spacial score (nSPS) is 18.6. The predicted octanol–water partition coefficient (Wildman–Crippen LogP) is 1.50. The molecule has 0 saturated heterocycles. The fourth-order valence-corrected chi connectivity index (χ4v) is 2.69. The van der Waals surface area contributed by atoms with E-state index in [0.29, 0.717) is 37.1 Å². The standard InChI is InChI=1S/C18H28N6/c1-23(15-6-7-15)17(19)21-11-13-4-3-5-14(10-13)12-22-18(20)24(2)16-8-9-16/h3-5,10,15-16H,6-9,11-12H2,1-2H3,(H2,19,21)(H2,20,22). The van der Waals surface area contributed by atoms with Gasteiger partial charge in [-0.3, -0.25) is 0 Å². The smallest absolute Gasteiger partial charge is 0.191 e. The molecule has 0 atom stereocenters. The Morgan fingerprint density at radius 1 is 0.917 bits per heavy atom. The largest absolute Gasteiger partial charge is 0.370 e. The molecular weight excluding hydrogens is 300 g/mol. The van der Waals surface area contributed by atoms with Crippen LogP contribution in [0.15, 0.2) is 34.3 Å². The highest BCUT2D eigenvalue weighted by atomic mass is 15.3. The van der Waals surface area contributed by atoms with Crippen molar-refractivity contribution >= 4 is 11.9 Å². The first-order chi connectivity index (χ1) is 11.5. The van der Waals surface area contributed by atoms with Crippen molar-refractivity contribution in [2.24, 2.45) is 21.5 Å². The van der Waals surface area contributed by atoms with Gasteiger partial charge in [-0.1, -0.05) is 24.3 Å². The van der Waals surface area contributed by atoms with E-state index in [9.17, 15) is 0 Å². The number of aliphatic imine (C=N–C) groups is 2. The number of nitrogens with zero attached hydrogens (tertiary/aromatic N) is 4. The van der Waals surface area contributed by atoms with Crippen molar-refractivity contribution in [2.45, 2.75) is 50.9 Å². The van der Waals surface area contributed by atoms with Crippen LogP contribution in [0.4, 0.5) is 0 Å². The van der Waals surface area contributed by atoms with E-state index in [-0.39, 0.29) is 0 Å². The quantitative estimate of drug-likeness (QED) is 0.612. The van der Waals surface area contributed by atoms with Gasteiger partial charge in [-0.15, -0.1) is 0 Å². The zero-order valence-corrected chi connectivity index (χ0v) is 14.7. The summed E-state index contributed by atoms with van der Waals surface area (Å²) in [6.45, 7) is 1.19. The number of hydrogen-bond acceptors (Lipinski definition) is 2. The average Bonchev–Trinajstić information content (AvgIpc) is 3.48. The maximum Gasteiger partial charge on any atom is 0.191 e. The Labute approximate surface area is 144 Å². The Kier molecular flexibility index (Phi) is 4.92. The van der Waals surface area contributed by atoms with Crippen molar-refractivity contribution in [2.75, 3.05) is 14.1 Å². The molecule has 0 aromatic heterocycles. The number of guanidine groups is 2. The van der Waals surface area contributed by atoms with Gasteiger partial charge in [0, 0.05) is 26.2 Å². The van der Waals surface area contributed by atoms with E-state index in [1.165, 1.54) is 25.7 Å². The van der Waals surface area contributed by atoms with E-state index in [4.69, 9.17) is 11.5 Å². The van der Waals surface area contributed by atoms with Crippen LogP contribution >= 0.6 is 0 Å². The molecule has 130 valence electrons. The third-order valence-corrected chi connectivity index (χ3v) is 4.75. The summed E-state index contributed by atoms with van der Waals surface area (Å²) in [6.07, 6.45) is 4.88. The van der Waals surface area contributed by atoms with Gasteiger partial charge in [0.2, 0.25) is 0 Å². The summed E-state index contributed by atoms with van der Waals surface area (Å²) in [5.41, 5.74) is 14.4. The molecule has 0 spiro atoms. The Balaban J connectivity index is 1.57. The first kappa shape index (κ1) is 16.6. The summed E-state index contributed by atoms with van der Waals surface area (Å²) in [5.74, 6) is 1.24. The molecule has 0 amide bonds. The molecular formula is C18H28N6. The number of nitrogens with two attached hydrogens (primary N) is 2. The molecule has 4 N–H and O–H groups in total. The van der Waals surface area contributed by atoms with Crippen LogP contribution in [-0.2, 0) is 13.1 Å². The van der Waals surface area contributed by atoms with Crippen molar-refractivity contribution < 1.29 is 0 Å². The van der Waals surface area contributed by atoms with Gasteiger partial charge in [-0.25, -0.2) is 9.98 Å². The summed E-state index contributed by atoms with van der Waals surface area (Å²) in [6, 6.07) is 9.47. The van der Waals surface area contributed by atoms with Gasteiger partial charge in [0.05, 0.1) is 13.1 Å². The van der Waals surface area contributed by atoms with Crippen molar-refractivity contribution in [3.63, 3.8) is 0 Å². The highest BCUT2D eigenvalue weighted by molar-refractivity contribution is 5.78. The van der Waals surface area contributed by atoms with Gasteiger partial charge in [0.1, 0.15) is 0 Å². The van der Waals surface area contributed by atoms with Crippen LogP contribution in [0.25, 0.3) is 0 Å². The molecule has 2 saturated carbocycles. The first-order valence-electron chi connectivity index (χ1n) is 8.68. The van der Waals surface area contributed by atoms with E-state index < -0.39 is 0 Å². The molecule has 1 aromatic rings. The third-order valence-electron chi connectivity index (χ3n) is 4.75. The number of benzene rings is 1. The second-order valence-corrected chi connectivity index (χ2v) is 6.85.